The van der Waals surface area contributed by atoms with Crippen LogP contribution in [-0.2, 0) is 11.3 Å². The zero-order valence-electron chi connectivity index (χ0n) is 12.4. The first-order chi connectivity index (χ1) is 9.36. The van der Waals surface area contributed by atoms with Gasteiger partial charge in [0.05, 0.1) is 6.54 Å². The zero-order valence-corrected chi connectivity index (χ0v) is 14.7. The van der Waals surface area contributed by atoms with Gasteiger partial charge in [0.25, 0.3) is 0 Å². The standard InChI is InChI=1S/C15H25N3O.HI/c1-3-16-15(17-11-8-12-19-4-2)18-13-14-9-6-5-7-10-14;/h5-7,9-10H,3-4,8,11-13H2,1-2H3,(H2,16,17,18);1H. The van der Waals surface area contributed by atoms with E-state index in [-0.39, 0.29) is 24.0 Å². The van der Waals surface area contributed by atoms with Crippen molar-refractivity contribution in [3.63, 3.8) is 0 Å². The van der Waals surface area contributed by atoms with E-state index < -0.39 is 0 Å². The Morgan fingerprint density at radius 1 is 1.15 bits per heavy atom. The first-order valence-electron chi connectivity index (χ1n) is 7.00. The first-order valence-corrected chi connectivity index (χ1v) is 7.00. The summed E-state index contributed by atoms with van der Waals surface area (Å²) in [6.45, 7) is 8.09. The minimum absolute atomic E-state index is 0. The molecule has 0 bridgehead atoms. The van der Waals surface area contributed by atoms with E-state index in [1.54, 1.807) is 0 Å². The average Bonchev–Trinajstić information content (AvgIpc) is 2.45. The Balaban J connectivity index is 0.00000361. The maximum atomic E-state index is 5.30. The lowest BCUT2D eigenvalue weighted by Gasteiger charge is -2.11. The number of aliphatic imine (C=N–C) groups is 1. The fraction of sp³-hybridized carbons (Fsp3) is 0.533. The lowest BCUT2D eigenvalue weighted by atomic mass is 10.2. The number of hydrogen-bond acceptors (Lipinski definition) is 2. The van der Waals surface area contributed by atoms with Crippen LogP contribution in [0.4, 0.5) is 0 Å². The second kappa shape index (κ2) is 13.2. The van der Waals surface area contributed by atoms with Crippen molar-refractivity contribution in [3.8, 4) is 0 Å². The highest BCUT2D eigenvalue weighted by Gasteiger charge is 1.96. The molecule has 2 N–H and O–H groups in total. The molecule has 0 aliphatic heterocycles. The third-order valence-corrected chi connectivity index (χ3v) is 2.57. The van der Waals surface area contributed by atoms with E-state index in [1.807, 2.05) is 25.1 Å². The monoisotopic (exact) mass is 391 g/mol. The number of guanidine groups is 1. The van der Waals surface area contributed by atoms with Crippen LogP contribution in [0.3, 0.4) is 0 Å². The third kappa shape index (κ3) is 9.14. The van der Waals surface area contributed by atoms with E-state index >= 15 is 0 Å². The minimum atomic E-state index is 0. The van der Waals surface area contributed by atoms with Crippen molar-refractivity contribution >= 4 is 29.9 Å². The highest BCUT2D eigenvalue weighted by molar-refractivity contribution is 14.0. The van der Waals surface area contributed by atoms with E-state index in [4.69, 9.17) is 4.74 Å². The molecule has 0 saturated carbocycles. The van der Waals surface area contributed by atoms with Crippen molar-refractivity contribution < 1.29 is 4.74 Å². The van der Waals surface area contributed by atoms with Crippen molar-refractivity contribution in [1.29, 1.82) is 0 Å². The Morgan fingerprint density at radius 3 is 2.55 bits per heavy atom. The Hall–Kier alpha value is -0.820. The van der Waals surface area contributed by atoms with Gasteiger partial charge in [-0.05, 0) is 25.8 Å². The first kappa shape index (κ1) is 19.2. The Kier molecular flexibility index (Phi) is 12.6. The van der Waals surface area contributed by atoms with E-state index in [0.717, 1.165) is 38.7 Å². The molecule has 5 heteroatoms. The van der Waals surface area contributed by atoms with Gasteiger partial charge in [-0.2, -0.15) is 0 Å². The van der Waals surface area contributed by atoms with Gasteiger partial charge in [-0.3, -0.25) is 0 Å². The van der Waals surface area contributed by atoms with Crippen LogP contribution in [0.1, 0.15) is 25.8 Å². The summed E-state index contributed by atoms with van der Waals surface area (Å²) < 4.78 is 5.30. The third-order valence-electron chi connectivity index (χ3n) is 2.57. The molecule has 0 heterocycles. The van der Waals surface area contributed by atoms with Crippen molar-refractivity contribution in [2.75, 3.05) is 26.3 Å². The summed E-state index contributed by atoms with van der Waals surface area (Å²) in [5.41, 5.74) is 1.22. The highest BCUT2D eigenvalue weighted by Crippen LogP contribution is 1.99. The summed E-state index contributed by atoms with van der Waals surface area (Å²) in [6.07, 6.45) is 0.990. The number of rotatable bonds is 8. The molecule has 0 unspecified atom stereocenters. The molecule has 0 radical (unpaired) electrons. The number of halogens is 1. The molecule has 0 spiro atoms. The number of nitrogens with one attached hydrogen (secondary N) is 2. The topological polar surface area (TPSA) is 45.7 Å². The molecule has 1 aromatic rings. The van der Waals surface area contributed by atoms with Crippen molar-refractivity contribution in [1.82, 2.24) is 10.6 Å². The quantitative estimate of drug-likeness (QED) is 0.310. The molecular weight excluding hydrogens is 365 g/mol. The van der Waals surface area contributed by atoms with Crippen LogP contribution in [-0.4, -0.2) is 32.3 Å². The predicted molar refractivity (Wildman–Crippen MR) is 95.8 cm³/mol. The second-order valence-corrected chi connectivity index (χ2v) is 4.16. The molecule has 20 heavy (non-hydrogen) atoms. The number of nitrogens with zero attached hydrogens (tertiary/aromatic N) is 1. The van der Waals surface area contributed by atoms with Crippen LogP contribution in [0.25, 0.3) is 0 Å². The zero-order chi connectivity index (χ0) is 13.8. The fourth-order valence-electron chi connectivity index (χ4n) is 1.62. The summed E-state index contributed by atoms with van der Waals surface area (Å²) in [7, 11) is 0. The summed E-state index contributed by atoms with van der Waals surface area (Å²) >= 11 is 0. The summed E-state index contributed by atoms with van der Waals surface area (Å²) in [6, 6.07) is 10.3. The second-order valence-electron chi connectivity index (χ2n) is 4.16. The summed E-state index contributed by atoms with van der Waals surface area (Å²) in [4.78, 5) is 4.56. The SMILES string of the molecule is CCNC(=NCc1ccccc1)NCCCOCC.I. The Labute approximate surface area is 139 Å². The van der Waals surface area contributed by atoms with Crippen LogP contribution in [0.5, 0.6) is 0 Å². The molecule has 0 amide bonds. The van der Waals surface area contributed by atoms with E-state index in [9.17, 15) is 0 Å². The van der Waals surface area contributed by atoms with Crippen LogP contribution >= 0.6 is 24.0 Å². The minimum Gasteiger partial charge on any atom is -0.382 e. The largest absolute Gasteiger partial charge is 0.382 e. The normalized spacial score (nSPS) is 10.8. The van der Waals surface area contributed by atoms with Gasteiger partial charge in [0.15, 0.2) is 5.96 Å². The molecule has 0 aliphatic carbocycles. The molecule has 1 aromatic carbocycles. The molecule has 0 aromatic heterocycles. The number of benzene rings is 1. The predicted octanol–water partition coefficient (Wildman–Crippen LogP) is 2.79. The van der Waals surface area contributed by atoms with Gasteiger partial charge < -0.3 is 15.4 Å². The lowest BCUT2D eigenvalue weighted by Crippen LogP contribution is -2.38. The number of ether oxygens (including phenoxy) is 1. The van der Waals surface area contributed by atoms with Crippen LogP contribution in [0.2, 0.25) is 0 Å². The van der Waals surface area contributed by atoms with Crippen molar-refractivity contribution in [3.05, 3.63) is 35.9 Å². The van der Waals surface area contributed by atoms with Gasteiger partial charge >= 0.3 is 0 Å². The van der Waals surface area contributed by atoms with E-state index in [2.05, 4.69) is 34.7 Å². The molecule has 0 saturated heterocycles. The molecule has 0 atom stereocenters. The maximum absolute atomic E-state index is 5.30. The average molecular weight is 391 g/mol. The van der Waals surface area contributed by atoms with Gasteiger partial charge in [-0.15, -0.1) is 24.0 Å². The molecule has 0 fully saturated rings. The molecule has 4 nitrogen and oxygen atoms in total. The number of hydrogen-bond donors (Lipinski definition) is 2. The van der Waals surface area contributed by atoms with Gasteiger partial charge in [0.2, 0.25) is 0 Å². The van der Waals surface area contributed by atoms with Gasteiger partial charge in [-0.1, -0.05) is 30.3 Å². The van der Waals surface area contributed by atoms with E-state index in [1.165, 1.54) is 5.56 Å². The van der Waals surface area contributed by atoms with Crippen LogP contribution in [0, 0.1) is 0 Å². The molecule has 114 valence electrons. The van der Waals surface area contributed by atoms with E-state index in [0.29, 0.717) is 6.54 Å². The highest BCUT2D eigenvalue weighted by atomic mass is 127. The maximum Gasteiger partial charge on any atom is 0.191 e. The van der Waals surface area contributed by atoms with Crippen LogP contribution in [0.15, 0.2) is 35.3 Å². The van der Waals surface area contributed by atoms with Gasteiger partial charge in [0.1, 0.15) is 0 Å². The Bertz CT molecular complexity index is 357. The molecule has 0 aliphatic rings. The van der Waals surface area contributed by atoms with Gasteiger partial charge in [0, 0.05) is 26.3 Å². The lowest BCUT2D eigenvalue weighted by molar-refractivity contribution is 0.145. The molecular formula is C15H26IN3O. The smallest absolute Gasteiger partial charge is 0.191 e. The van der Waals surface area contributed by atoms with Gasteiger partial charge in [-0.25, -0.2) is 4.99 Å². The van der Waals surface area contributed by atoms with Crippen molar-refractivity contribution in [2.45, 2.75) is 26.8 Å². The Morgan fingerprint density at radius 2 is 1.90 bits per heavy atom. The summed E-state index contributed by atoms with van der Waals surface area (Å²) in [5.74, 6) is 0.864. The fourth-order valence-corrected chi connectivity index (χ4v) is 1.62. The molecule has 1 rings (SSSR count). The van der Waals surface area contributed by atoms with Crippen molar-refractivity contribution in [2.24, 2.45) is 4.99 Å². The summed E-state index contributed by atoms with van der Waals surface area (Å²) in [5, 5.41) is 6.55. The van der Waals surface area contributed by atoms with Crippen LogP contribution < -0.4 is 10.6 Å².